The highest BCUT2D eigenvalue weighted by atomic mass is 16.7. The summed E-state index contributed by atoms with van der Waals surface area (Å²) < 4.78 is 16.3. The van der Waals surface area contributed by atoms with Crippen LogP contribution in [0.15, 0.2) is 36.4 Å². The van der Waals surface area contributed by atoms with E-state index in [1.807, 2.05) is 37.3 Å². The van der Waals surface area contributed by atoms with Crippen LogP contribution in [0.3, 0.4) is 0 Å². The third-order valence-corrected chi connectivity index (χ3v) is 3.30. The summed E-state index contributed by atoms with van der Waals surface area (Å²) in [6.07, 6.45) is 0. The van der Waals surface area contributed by atoms with Crippen LogP contribution in [-0.2, 0) is 6.54 Å². The summed E-state index contributed by atoms with van der Waals surface area (Å²) in [4.78, 5) is 0. The molecule has 0 radical (unpaired) electrons. The van der Waals surface area contributed by atoms with Gasteiger partial charge in [0.15, 0.2) is 11.5 Å². The number of hydrogen-bond donors (Lipinski definition) is 1. The molecule has 2 aromatic rings. The first-order valence-electron chi connectivity index (χ1n) is 6.54. The number of aryl methyl sites for hydroxylation is 1. The number of anilines is 1. The van der Waals surface area contributed by atoms with Gasteiger partial charge in [0.2, 0.25) is 6.79 Å². The maximum Gasteiger partial charge on any atom is 0.231 e. The molecule has 0 aliphatic carbocycles. The summed E-state index contributed by atoms with van der Waals surface area (Å²) in [5.41, 5.74) is 3.21. The van der Waals surface area contributed by atoms with Crippen molar-refractivity contribution >= 4 is 5.69 Å². The van der Waals surface area contributed by atoms with Crippen LogP contribution < -0.4 is 19.5 Å². The SMILES string of the molecule is COc1cc(C)ccc1NCc1cccc2c1OCO2. The lowest BCUT2D eigenvalue weighted by Gasteiger charge is -2.13. The molecule has 0 atom stereocenters. The lowest BCUT2D eigenvalue weighted by molar-refractivity contribution is 0.173. The third kappa shape index (κ3) is 2.37. The second-order valence-electron chi connectivity index (χ2n) is 4.71. The van der Waals surface area contributed by atoms with Crippen molar-refractivity contribution in [2.45, 2.75) is 13.5 Å². The summed E-state index contributed by atoms with van der Waals surface area (Å²) in [6, 6.07) is 12.0. The van der Waals surface area contributed by atoms with Gasteiger partial charge in [0.25, 0.3) is 0 Å². The maximum absolute atomic E-state index is 5.50. The van der Waals surface area contributed by atoms with E-state index < -0.39 is 0 Å². The Bertz CT molecular complexity index is 625. The maximum atomic E-state index is 5.50. The van der Waals surface area contributed by atoms with E-state index in [1.165, 1.54) is 5.56 Å². The van der Waals surface area contributed by atoms with Crippen LogP contribution in [-0.4, -0.2) is 13.9 Å². The molecule has 0 unspecified atom stereocenters. The Hall–Kier alpha value is -2.36. The van der Waals surface area contributed by atoms with Gasteiger partial charge < -0.3 is 19.5 Å². The van der Waals surface area contributed by atoms with Crippen LogP contribution in [0.1, 0.15) is 11.1 Å². The van der Waals surface area contributed by atoms with Crippen molar-refractivity contribution in [3.63, 3.8) is 0 Å². The number of benzene rings is 2. The molecule has 4 nitrogen and oxygen atoms in total. The van der Waals surface area contributed by atoms with Gasteiger partial charge in [-0.1, -0.05) is 18.2 Å². The highest BCUT2D eigenvalue weighted by molar-refractivity contribution is 5.59. The molecule has 104 valence electrons. The van der Waals surface area contributed by atoms with E-state index in [-0.39, 0.29) is 0 Å². The van der Waals surface area contributed by atoms with Crippen molar-refractivity contribution in [1.29, 1.82) is 0 Å². The average Bonchev–Trinajstić information content (AvgIpc) is 2.94. The lowest BCUT2D eigenvalue weighted by atomic mass is 10.1. The highest BCUT2D eigenvalue weighted by Crippen LogP contribution is 2.36. The molecule has 4 heteroatoms. The topological polar surface area (TPSA) is 39.7 Å². The Morgan fingerprint density at radius 3 is 2.95 bits per heavy atom. The van der Waals surface area contributed by atoms with Crippen molar-refractivity contribution in [2.75, 3.05) is 19.2 Å². The number of para-hydroxylation sites is 1. The van der Waals surface area contributed by atoms with Gasteiger partial charge in [0.1, 0.15) is 5.75 Å². The van der Waals surface area contributed by atoms with Crippen LogP contribution in [0.5, 0.6) is 17.2 Å². The molecule has 0 aromatic heterocycles. The van der Waals surface area contributed by atoms with Gasteiger partial charge in [-0.25, -0.2) is 0 Å². The average molecular weight is 271 g/mol. The summed E-state index contributed by atoms with van der Waals surface area (Å²) in [5.74, 6) is 2.47. The Morgan fingerprint density at radius 2 is 2.10 bits per heavy atom. The molecule has 0 fully saturated rings. The molecule has 20 heavy (non-hydrogen) atoms. The van der Waals surface area contributed by atoms with Gasteiger partial charge in [-0.2, -0.15) is 0 Å². The van der Waals surface area contributed by atoms with E-state index in [2.05, 4.69) is 11.4 Å². The van der Waals surface area contributed by atoms with Crippen molar-refractivity contribution in [2.24, 2.45) is 0 Å². The zero-order valence-electron chi connectivity index (χ0n) is 11.6. The van der Waals surface area contributed by atoms with Gasteiger partial charge in [0, 0.05) is 12.1 Å². The fourth-order valence-corrected chi connectivity index (χ4v) is 2.26. The first-order valence-corrected chi connectivity index (χ1v) is 6.54. The van der Waals surface area contributed by atoms with E-state index in [0.717, 1.165) is 28.5 Å². The van der Waals surface area contributed by atoms with Crippen molar-refractivity contribution in [1.82, 2.24) is 0 Å². The molecule has 0 saturated carbocycles. The number of rotatable bonds is 4. The molecule has 0 spiro atoms. The second-order valence-corrected chi connectivity index (χ2v) is 4.71. The fraction of sp³-hybridized carbons (Fsp3) is 0.250. The third-order valence-electron chi connectivity index (χ3n) is 3.30. The summed E-state index contributed by atoms with van der Waals surface area (Å²) in [6.45, 7) is 2.99. The van der Waals surface area contributed by atoms with E-state index >= 15 is 0 Å². The fourth-order valence-electron chi connectivity index (χ4n) is 2.26. The minimum Gasteiger partial charge on any atom is -0.495 e. The first-order chi connectivity index (χ1) is 9.78. The predicted octanol–water partition coefficient (Wildman–Crippen LogP) is 3.34. The van der Waals surface area contributed by atoms with Gasteiger partial charge >= 0.3 is 0 Å². The Kier molecular flexibility index (Phi) is 3.37. The van der Waals surface area contributed by atoms with Crippen molar-refractivity contribution in [3.8, 4) is 17.2 Å². The molecular weight excluding hydrogens is 254 g/mol. The number of methoxy groups -OCH3 is 1. The van der Waals surface area contributed by atoms with Crippen LogP contribution in [0, 0.1) is 6.92 Å². The smallest absolute Gasteiger partial charge is 0.231 e. The number of ether oxygens (including phenoxy) is 3. The van der Waals surface area contributed by atoms with Gasteiger partial charge in [0.05, 0.1) is 12.8 Å². The van der Waals surface area contributed by atoms with Crippen molar-refractivity contribution < 1.29 is 14.2 Å². The Morgan fingerprint density at radius 1 is 1.20 bits per heavy atom. The van der Waals surface area contributed by atoms with Gasteiger partial charge in [-0.15, -0.1) is 0 Å². The second kappa shape index (κ2) is 5.33. The Labute approximate surface area is 118 Å². The van der Waals surface area contributed by atoms with E-state index in [1.54, 1.807) is 7.11 Å². The van der Waals surface area contributed by atoms with E-state index in [4.69, 9.17) is 14.2 Å². The first kappa shape index (κ1) is 12.7. The minimum atomic E-state index is 0.292. The van der Waals surface area contributed by atoms with Crippen LogP contribution >= 0.6 is 0 Å². The summed E-state index contributed by atoms with van der Waals surface area (Å²) in [7, 11) is 1.68. The molecule has 1 N–H and O–H groups in total. The zero-order valence-corrected chi connectivity index (χ0v) is 11.6. The molecule has 1 heterocycles. The lowest BCUT2D eigenvalue weighted by Crippen LogP contribution is -2.03. The molecule has 0 saturated heterocycles. The molecule has 3 rings (SSSR count). The largest absolute Gasteiger partial charge is 0.495 e. The molecule has 0 bridgehead atoms. The summed E-state index contributed by atoms with van der Waals surface area (Å²) >= 11 is 0. The Balaban J connectivity index is 1.79. The predicted molar refractivity (Wildman–Crippen MR) is 77.6 cm³/mol. The highest BCUT2D eigenvalue weighted by Gasteiger charge is 2.17. The van der Waals surface area contributed by atoms with Crippen molar-refractivity contribution in [3.05, 3.63) is 47.5 Å². The quantitative estimate of drug-likeness (QED) is 0.925. The molecule has 2 aromatic carbocycles. The van der Waals surface area contributed by atoms with E-state index in [0.29, 0.717) is 13.3 Å². The van der Waals surface area contributed by atoms with Crippen LogP contribution in [0.4, 0.5) is 5.69 Å². The molecule has 1 aliphatic rings. The minimum absolute atomic E-state index is 0.292. The number of nitrogens with one attached hydrogen (secondary N) is 1. The molecule has 1 aliphatic heterocycles. The normalized spacial score (nSPS) is 12.3. The summed E-state index contributed by atoms with van der Waals surface area (Å²) in [5, 5.41) is 3.38. The molecule has 0 amide bonds. The van der Waals surface area contributed by atoms with E-state index in [9.17, 15) is 0 Å². The monoisotopic (exact) mass is 271 g/mol. The van der Waals surface area contributed by atoms with Crippen LogP contribution in [0.25, 0.3) is 0 Å². The number of hydrogen-bond acceptors (Lipinski definition) is 4. The zero-order chi connectivity index (χ0) is 13.9. The van der Waals surface area contributed by atoms with Gasteiger partial charge in [-0.05, 0) is 30.7 Å². The van der Waals surface area contributed by atoms with Gasteiger partial charge in [-0.3, -0.25) is 0 Å². The standard InChI is InChI=1S/C16H17NO3/c1-11-6-7-13(15(8-11)18-2)17-9-12-4-3-5-14-16(12)20-10-19-14/h3-8,17H,9-10H2,1-2H3. The molecular formula is C16H17NO3. The van der Waals surface area contributed by atoms with Crippen LogP contribution in [0.2, 0.25) is 0 Å². The number of fused-ring (bicyclic) bond motifs is 1.